The van der Waals surface area contributed by atoms with Gasteiger partial charge in [0.1, 0.15) is 18.5 Å². The molecule has 1 N–H and O–H groups in total. The molecule has 1 aliphatic carbocycles. The van der Waals surface area contributed by atoms with Crippen LogP contribution in [0.3, 0.4) is 0 Å². The number of carbonyl (C=O) groups is 3. The average molecular weight is 361 g/mol. The predicted molar refractivity (Wildman–Crippen MR) is 96.4 cm³/mol. The number of alkyl carbamates (subject to hydrolysis) is 1. The van der Waals surface area contributed by atoms with E-state index >= 15 is 0 Å². The van der Waals surface area contributed by atoms with Crippen LogP contribution in [0, 0.1) is 5.92 Å². The van der Waals surface area contributed by atoms with E-state index in [4.69, 9.17) is 9.47 Å². The smallest absolute Gasteiger partial charge is 0.408 e. The second-order valence-electron chi connectivity index (χ2n) is 7.81. The number of hydrogen-bond donors (Lipinski definition) is 1. The normalized spacial score (nSPS) is 22.5. The first-order chi connectivity index (χ1) is 12.2. The van der Waals surface area contributed by atoms with Crippen molar-refractivity contribution in [3.8, 4) is 0 Å². The molecule has 0 heterocycles. The van der Waals surface area contributed by atoms with E-state index in [2.05, 4.69) is 5.32 Å². The molecule has 1 amide bonds. The fourth-order valence-electron chi connectivity index (χ4n) is 3.20. The van der Waals surface area contributed by atoms with Crippen LogP contribution in [0.2, 0.25) is 0 Å². The number of aldehydes is 1. The highest BCUT2D eigenvalue weighted by atomic mass is 16.6. The van der Waals surface area contributed by atoms with Crippen LogP contribution >= 0.6 is 0 Å². The zero-order chi connectivity index (χ0) is 19.2. The van der Waals surface area contributed by atoms with Crippen LogP contribution in [0.5, 0.6) is 0 Å². The maximum Gasteiger partial charge on any atom is 0.408 e. The summed E-state index contributed by atoms with van der Waals surface area (Å²) in [5.74, 6) is -0.638. The standard InChI is InChI=1S/C20H27NO5/c1-19(2,3)26-18(24)21-20(11-12-22)10-9-16(13-20)17(23)25-14-15-7-5-4-6-8-15/h4-8,12,16H,9-11,13-14H2,1-3H3,(H,21,24). The molecule has 1 saturated carbocycles. The largest absolute Gasteiger partial charge is 0.461 e. The molecule has 6 heteroatoms. The van der Waals surface area contributed by atoms with E-state index < -0.39 is 17.2 Å². The van der Waals surface area contributed by atoms with Gasteiger partial charge in [0.15, 0.2) is 0 Å². The van der Waals surface area contributed by atoms with Gasteiger partial charge >= 0.3 is 12.1 Å². The Morgan fingerprint density at radius 1 is 1.27 bits per heavy atom. The van der Waals surface area contributed by atoms with Gasteiger partial charge in [0.2, 0.25) is 0 Å². The van der Waals surface area contributed by atoms with Gasteiger partial charge in [0.05, 0.1) is 11.5 Å². The van der Waals surface area contributed by atoms with Crippen LogP contribution < -0.4 is 5.32 Å². The zero-order valence-corrected chi connectivity index (χ0v) is 15.6. The lowest BCUT2D eigenvalue weighted by molar-refractivity contribution is -0.150. The molecule has 1 fully saturated rings. The van der Waals surface area contributed by atoms with E-state index in [0.29, 0.717) is 19.3 Å². The van der Waals surface area contributed by atoms with Crippen LogP contribution in [-0.2, 0) is 25.7 Å². The Bertz CT molecular complexity index is 637. The highest BCUT2D eigenvalue weighted by molar-refractivity contribution is 5.74. The van der Waals surface area contributed by atoms with Gasteiger partial charge in [0.25, 0.3) is 0 Å². The molecule has 1 aromatic rings. The predicted octanol–water partition coefficient (Wildman–Crippen LogP) is 3.38. The van der Waals surface area contributed by atoms with Crippen molar-refractivity contribution in [2.75, 3.05) is 0 Å². The molecule has 2 unspecified atom stereocenters. The number of amides is 1. The Morgan fingerprint density at radius 3 is 2.58 bits per heavy atom. The van der Waals surface area contributed by atoms with Crippen molar-refractivity contribution in [3.05, 3.63) is 35.9 Å². The molecule has 1 aliphatic rings. The van der Waals surface area contributed by atoms with Crippen LogP contribution in [0.1, 0.15) is 52.0 Å². The highest BCUT2D eigenvalue weighted by Crippen LogP contribution is 2.37. The lowest BCUT2D eigenvalue weighted by Crippen LogP contribution is -2.49. The van der Waals surface area contributed by atoms with Gasteiger partial charge in [-0.05, 0) is 45.6 Å². The third-order valence-corrected chi connectivity index (χ3v) is 4.41. The maximum absolute atomic E-state index is 12.4. The quantitative estimate of drug-likeness (QED) is 0.620. The summed E-state index contributed by atoms with van der Waals surface area (Å²) >= 11 is 0. The monoisotopic (exact) mass is 361 g/mol. The second-order valence-corrected chi connectivity index (χ2v) is 7.81. The lowest BCUT2D eigenvalue weighted by atomic mass is 9.92. The summed E-state index contributed by atoms with van der Waals surface area (Å²) in [6, 6.07) is 9.46. The molecule has 26 heavy (non-hydrogen) atoms. The SMILES string of the molecule is CC(C)(C)OC(=O)NC1(CC=O)CCC(C(=O)OCc2ccccc2)C1. The van der Waals surface area contributed by atoms with Crippen molar-refractivity contribution in [2.24, 2.45) is 5.92 Å². The molecule has 142 valence electrons. The Labute approximate surface area is 154 Å². The average Bonchev–Trinajstić information content (AvgIpc) is 2.96. The fourth-order valence-corrected chi connectivity index (χ4v) is 3.20. The lowest BCUT2D eigenvalue weighted by Gasteiger charge is -2.30. The molecular formula is C20H27NO5. The Hall–Kier alpha value is -2.37. The number of hydrogen-bond acceptors (Lipinski definition) is 5. The van der Waals surface area contributed by atoms with Crippen LogP contribution in [0.4, 0.5) is 4.79 Å². The summed E-state index contributed by atoms with van der Waals surface area (Å²) in [6.45, 7) is 5.54. The molecule has 0 aromatic heterocycles. The van der Waals surface area contributed by atoms with Crippen molar-refractivity contribution in [1.29, 1.82) is 0 Å². The van der Waals surface area contributed by atoms with E-state index in [-0.39, 0.29) is 24.9 Å². The molecular weight excluding hydrogens is 334 g/mol. The van der Waals surface area contributed by atoms with Crippen molar-refractivity contribution in [1.82, 2.24) is 5.32 Å². The first-order valence-electron chi connectivity index (χ1n) is 8.88. The summed E-state index contributed by atoms with van der Waals surface area (Å²) in [5, 5.41) is 2.81. The second kappa shape index (κ2) is 8.34. The van der Waals surface area contributed by atoms with E-state index in [1.54, 1.807) is 20.8 Å². The van der Waals surface area contributed by atoms with Gasteiger partial charge in [-0.2, -0.15) is 0 Å². The van der Waals surface area contributed by atoms with Gasteiger partial charge in [0, 0.05) is 6.42 Å². The minimum absolute atomic E-state index is 0.148. The third kappa shape index (κ3) is 5.86. The van der Waals surface area contributed by atoms with Gasteiger partial charge in [-0.3, -0.25) is 4.79 Å². The van der Waals surface area contributed by atoms with Gasteiger partial charge in [-0.15, -0.1) is 0 Å². The number of nitrogens with one attached hydrogen (secondary N) is 1. The number of carbonyl (C=O) groups excluding carboxylic acids is 3. The van der Waals surface area contributed by atoms with E-state index in [1.165, 1.54) is 0 Å². The van der Waals surface area contributed by atoms with E-state index in [1.807, 2.05) is 30.3 Å². The third-order valence-electron chi connectivity index (χ3n) is 4.41. The van der Waals surface area contributed by atoms with Crippen molar-refractivity contribution < 1.29 is 23.9 Å². The van der Waals surface area contributed by atoms with Gasteiger partial charge in [-0.1, -0.05) is 30.3 Å². The Balaban J connectivity index is 1.93. The minimum Gasteiger partial charge on any atom is -0.461 e. The molecule has 0 radical (unpaired) electrons. The van der Waals surface area contributed by atoms with Crippen molar-refractivity contribution >= 4 is 18.3 Å². The van der Waals surface area contributed by atoms with Crippen molar-refractivity contribution in [2.45, 2.75) is 64.2 Å². The van der Waals surface area contributed by atoms with Crippen LogP contribution in [0.15, 0.2) is 30.3 Å². The van der Waals surface area contributed by atoms with Crippen molar-refractivity contribution in [3.63, 3.8) is 0 Å². The summed E-state index contributed by atoms with van der Waals surface area (Å²) in [4.78, 5) is 35.6. The minimum atomic E-state index is -0.749. The van der Waals surface area contributed by atoms with Crippen LogP contribution in [-0.4, -0.2) is 29.5 Å². The van der Waals surface area contributed by atoms with E-state index in [9.17, 15) is 14.4 Å². The fraction of sp³-hybridized carbons (Fsp3) is 0.550. The molecule has 1 aromatic carbocycles. The molecule has 0 bridgehead atoms. The zero-order valence-electron chi connectivity index (χ0n) is 15.6. The van der Waals surface area contributed by atoms with Gasteiger partial charge < -0.3 is 19.6 Å². The molecule has 2 rings (SSSR count). The molecule has 6 nitrogen and oxygen atoms in total. The number of esters is 1. The first-order valence-corrected chi connectivity index (χ1v) is 8.88. The number of rotatable bonds is 6. The summed E-state index contributed by atoms with van der Waals surface area (Å²) in [7, 11) is 0. The molecule has 0 aliphatic heterocycles. The number of ether oxygens (including phenoxy) is 2. The Kier molecular flexibility index (Phi) is 6.40. The number of benzene rings is 1. The van der Waals surface area contributed by atoms with Gasteiger partial charge in [-0.25, -0.2) is 4.79 Å². The maximum atomic E-state index is 12.4. The molecule has 0 spiro atoms. The summed E-state index contributed by atoms with van der Waals surface area (Å²) < 4.78 is 10.7. The Morgan fingerprint density at radius 2 is 1.96 bits per heavy atom. The molecule has 2 atom stereocenters. The molecule has 0 saturated heterocycles. The summed E-state index contributed by atoms with van der Waals surface area (Å²) in [5.41, 5.74) is -0.454. The summed E-state index contributed by atoms with van der Waals surface area (Å²) in [6.07, 6.45) is 1.83. The van der Waals surface area contributed by atoms with E-state index in [0.717, 1.165) is 11.8 Å². The van der Waals surface area contributed by atoms with Crippen LogP contribution in [0.25, 0.3) is 0 Å². The topological polar surface area (TPSA) is 81.7 Å². The highest BCUT2D eigenvalue weighted by Gasteiger charge is 2.44. The first kappa shape index (κ1) is 19.9.